The molecule has 9 heavy (non-hydrogen) atoms. The quantitative estimate of drug-likeness (QED) is 0.524. The Balaban J connectivity index is 2.32. The first-order valence-electron chi connectivity index (χ1n) is 3.64. The smallest absolute Gasteiger partial charge is 0.0620 e. The summed E-state index contributed by atoms with van der Waals surface area (Å²) in [5, 5.41) is 0. The SMILES string of the molecule is CC1CCCOCC1N. The minimum absolute atomic E-state index is 0.271. The molecule has 0 aliphatic carbocycles. The fourth-order valence-electron chi connectivity index (χ4n) is 1.11. The van der Waals surface area contributed by atoms with Gasteiger partial charge in [-0.3, -0.25) is 0 Å². The molecule has 0 spiro atoms. The third-order valence-corrected chi connectivity index (χ3v) is 1.99. The van der Waals surface area contributed by atoms with Crippen LogP contribution in [0.3, 0.4) is 0 Å². The summed E-state index contributed by atoms with van der Waals surface area (Å²) in [5.41, 5.74) is 5.75. The van der Waals surface area contributed by atoms with Gasteiger partial charge in [0.2, 0.25) is 0 Å². The van der Waals surface area contributed by atoms with E-state index in [1.807, 2.05) is 0 Å². The predicted molar refractivity (Wildman–Crippen MR) is 37.2 cm³/mol. The zero-order valence-corrected chi connectivity index (χ0v) is 5.97. The average molecular weight is 129 g/mol. The maximum atomic E-state index is 5.75. The van der Waals surface area contributed by atoms with E-state index in [0.29, 0.717) is 5.92 Å². The lowest BCUT2D eigenvalue weighted by molar-refractivity contribution is 0.130. The molecule has 1 heterocycles. The number of nitrogens with two attached hydrogens (primary N) is 1. The van der Waals surface area contributed by atoms with Crippen molar-refractivity contribution in [1.29, 1.82) is 0 Å². The van der Waals surface area contributed by atoms with Crippen molar-refractivity contribution in [3.63, 3.8) is 0 Å². The van der Waals surface area contributed by atoms with Gasteiger partial charge in [-0.15, -0.1) is 0 Å². The van der Waals surface area contributed by atoms with E-state index in [-0.39, 0.29) is 6.04 Å². The van der Waals surface area contributed by atoms with Gasteiger partial charge in [-0.1, -0.05) is 6.92 Å². The van der Waals surface area contributed by atoms with Gasteiger partial charge in [-0.2, -0.15) is 0 Å². The molecule has 0 radical (unpaired) electrons. The normalized spacial score (nSPS) is 38.0. The zero-order chi connectivity index (χ0) is 6.69. The molecule has 1 rings (SSSR count). The highest BCUT2D eigenvalue weighted by atomic mass is 16.5. The molecule has 0 aromatic heterocycles. The van der Waals surface area contributed by atoms with E-state index < -0.39 is 0 Å². The first kappa shape index (κ1) is 7.03. The Morgan fingerprint density at radius 1 is 1.56 bits per heavy atom. The maximum Gasteiger partial charge on any atom is 0.0620 e. The molecule has 2 unspecified atom stereocenters. The average Bonchev–Trinajstić information content (AvgIpc) is 1.99. The number of hydrogen-bond acceptors (Lipinski definition) is 2. The van der Waals surface area contributed by atoms with E-state index in [1.165, 1.54) is 12.8 Å². The van der Waals surface area contributed by atoms with Crippen molar-refractivity contribution in [2.45, 2.75) is 25.8 Å². The molecule has 1 saturated heterocycles. The van der Waals surface area contributed by atoms with Crippen LogP contribution in [0, 0.1) is 5.92 Å². The Kier molecular flexibility index (Phi) is 2.49. The highest BCUT2D eigenvalue weighted by Gasteiger charge is 2.15. The van der Waals surface area contributed by atoms with Crippen molar-refractivity contribution >= 4 is 0 Å². The van der Waals surface area contributed by atoms with E-state index >= 15 is 0 Å². The molecule has 1 fully saturated rings. The van der Waals surface area contributed by atoms with Crippen LogP contribution in [0.15, 0.2) is 0 Å². The van der Waals surface area contributed by atoms with Crippen LogP contribution in [0.25, 0.3) is 0 Å². The van der Waals surface area contributed by atoms with Gasteiger partial charge in [0.15, 0.2) is 0 Å². The Bertz CT molecular complexity index is 75.0. The summed E-state index contributed by atoms with van der Waals surface area (Å²) in [7, 11) is 0. The molecule has 1 aliphatic heterocycles. The molecule has 0 aromatic carbocycles. The third kappa shape index (κ3) is 1.95. The predicted octanol–water partition coefficient (Wildman–Crippen LogP) is 0.760. The van der Waals surface area contributed by atoms with Gasteiger partial charge >= 0.3 is 0 Å². The van der Waals surface area contributed by atoms with E-state index in [2.05, 4.69) is 6.92 Å². The second kappa shape index (κ2) is 3.18. The van der Waals surface area contributed by atoms with Crippen LogP contribution < -0.4 is 5.73 Å². The summed E-state index contributed by atoms with van der Waals surface area (Å²) in [5.74, 6) is 0.646. The van der Waals surface area contributed by atoms with E-state index in [4.69, 9.17) is 10.5 Å². The van der Waals surface area contributed by atoms with Crippen LogP contribution in [0.1, 0.15) is 19.8 Å². The monoisotopic (exact) mass is 129 g/mol. The molecular formula is C7H15NO. The second-order valence-electron chi connectivity index (χ2n) is 2.86. The maximum absolute atomic E-state index is 5.75. The van der Waals surface area contributed by atoms with Gasteiger partial charge in [0.1, 0.15) is 0 Å². The largest absolute Gasteiger partial charge is 0.380 e. The topological polar surface area (TPSA) is 35.2 Å². The van der Waals surface area contributed by atoms with E-state index in [1.54, 1.807) is 0 Å². The molecule has 0 saturated carbocycles. The Morgan fingerprint density at radius 2 is 2.33 bits per heavy atom. The van der Waals surface area contributed by atoms with Crippen molar-refractivity contribution < 1.29 is 4.74 Å². The van der Waals surface area contributed by atoms with Crippen LogP contribution in [0.4, 0.5) is 0 Å². The molecule has 2 heteroatoms. The Morgan fingerprint density at radius 3 is 3.11 bits per heavy atom. The molecule has 1 aliphatic rings. The van der Waals surface area contributed by atoms with Crippen LogP contribution in [-0.4, -0.2) is 19.3 Å². The van der Waals surface area contributed by atoms with Gasteiger partial charge in [-0.25, -0.2) is 0 Å². The lowest BCUT2D eigenvalue weighted by Crippen LogP contribution is -2.31. The van der Waals surface area contributed by atoms with Crippen molar-refractivity contribution in [1.82, 2.24) is 0 Å². The molecular weight excluding hydrogens is 114 g/mol. The highest BCUT2D eigenvalue weighted by molar-refractivity contribution is 4.70. The lowest BCUT2D eigenvalue weighted by Gasteiger charge is -2.13. The van der Waals surface area contributed by atoms with Crippen LogP contribution >= 0.6 is 0 Å². The third-order valence-electron chi connectivity index (χ3n) is 1.99. The summed E-state index contributed by atoms with van der Waals surface area (Å²) in [6.07, 6.45) is 2.40. The van der Waals surface area contributed by atoms with Crippen LogP contribution in [0.2, 0.25) is 0 Å². The molecule has 2 atom stereocenters. The van der Waals surface area contributed by atoms with Gasteiger partial charge < -0.3 is 10.5 Å². The zero-order valence-electron chi connectivity index (χ0n) is 5.97. The van der Waals surface area contributed by atoms with Gasteiger partial charge in [0.25, 0.3) is 0 Å². The van der Waals surface area contributed by atoms with Crippen molar-refractivity contribution in [2.24, 2.45) is 11.7 Å². The minimum Gasteiger partial charge on any atom is -0.380 e. The summed E-state index contributed by atoms with van der Waals surface area (Å²) in [6, 6.07) is 0.271. The summed E-state index contributed by atoms with van der Waals surface area (Å²) in [6.45, 7) is 3.85. The van der Waals surface area contributed by atoms with Crippen molar-refractivity contribution in [3.05, 3.63) is 0 Å². The van der Waals surface area contributed by atoms with Crippen LogP contribution in [-0.2, 0) is 4.74 Å². The molecule has 2 nitrogen and oxygen atoms in total. The number of rotatable bonds is 0. The van der Waals surface area contributed by atoms with Crippen LogP contribution in [0.5, 0.6) is 0 Å². The second-order valence-corrected chi connectivity index (χ2v) is 2.86. The minimum atomic E-state index is 0.271. The fraction of sp³-hybridized carbons (Fsp3) is 1.00. The molecule has 54 valence electrons. The first-order chi connectivity index (χ1) is 4.30. The van der Waals surface area contributed by atoms with E-state index in [0.717, 1.165) is 13.2 Å². The number of hydrogen-bond donors (Lipinski definition) is 1. The molecule has 0 amide bonds. The van der Waals surface area contributed by atoms with Crippen molar-refractivity contribution in [2.75, 3.05) is 13.2 Å². The summed E-state index contributed by atoms with van der Waals surface area (Å²) in [4.78, 5) is 0. The summed E-state index contributed by atoms with van der Waals surface area (Å²) >= 11 is 0. The van der Waals surface area contributed by atoms with Gasteiger partial charge in [0.05, 0.1) is 6.61 Å². The standard InChI is InChI=1S/C7H15NO/c1-6-3-2-4-9-5-7(6)8/h6-7H,2-5,8H2,1H3. The van der Waals surface area contributed by atoms with Crippen molar-refractivity contribution in [3.8, 4) is 0 Å². The highest BCUT2D eigenvalue weighted by Crippen LogP contribution is 2.12. The first-order valence-corrected chi connectivity index (χ1v) is 3.64. The Hall–Kier alpha value is -0.0800. The fourth-order valence-corrected chi connectivity index (χ4v) is 1.11. The van der Waals surface area contributed by atoms with Gasteiger partial charge in [-0.05, 0) is 18.8 Å². The Labute approximate surface area is 56.4 Å². The lowest BCUT2D eigenvalue weighted by atomic mass is 9.99. The van der Waals surface area contributed by atoms with E-state index in [9.17, 15) is 0 Å². The molecule has 2 N–H and O–H groups in total. The molecule has 0 aromatic rings. The summed E-state index contributed by atoms with van der Waals surface area (Å²) < 4.78 is 5.25. The molecule has 0 bridgehead atoms. The van der Waals surface area contributed by atoms with Gasteiger partial charge in [0, 0.05) is 12.6 Å². The number of ether oxygens (including phenoxy) is 1.